The highest BCUT2D eigenvalue weighted by atomic mass is 32.2. The van der Waals surface area contributed by atoms with Gasteiger partial charge in [0.25, 0.3) is 5.91 Å². The molecule has 0 bridgehead atoms. The molecule has 1 aliphatic rings. The Kier molecular flexibility index (Phi) is 8.85. The highest BCUT2D eigenvalue weighted by molar-refractivity contribution is 7.89. The second-order valence-electron chi connectivity index (χ2n) is 11.6. The van der Waals surface area contributed by atoms with Crippen molar-refractivity contribution in [1.82, 2.24) is 9.62 Å². The SMILES string of the molecule is Cc1ccccc1C(=O)Nc1ccc(S(=O)(=O)NC(C)CC2CCN(C(=O)OC(C)(C)C)CC2)c2ccccc12. The van der Waals surface area contributed by atoms with Gasteiger partial charge in [-0.2, -0.15) is 0 Å². The molecule has 1 heterocycles. The number of hydrogen-bond donors (Lipinski definition) is 2. The zero-order valence-corrected chi connectivity index (χ0v) is 24.7. The summed E-state index contributed by atoms with van der Waals surface area (Å²) in [5.41, 5.74) is 1.44. The summed E-state index contributed by atoms with van der Waals surface area (Å²) in [4.78, 5) is 27.2. The van der Waals surface area contributed by atoms with Gasteiger partial charge in [0.15, 0.2) is 0 Å². The molecule has 1 saturated heterocycles. The van der Waals surface area contributed by atoms with Crippen molar-refractivity contribution in [2.75, 3.05) is 18.4 Å². The molecule has 0 saturated carbocycles. The molecule has 40 heavy (non-hydrogen) atoms. The van der Waals surface area contributed by atoms with E-state index in [4.69, 9.17) is 4.74 Å². The minimum atomic E-state index is -3.83. The number of nitrogens with one attached hydrogen (secondary N) is 2. The fraction of sp³-hybridized carbons (Fsp3) is 0.419. The van der Waals surface area contributed by atoms with Crippen LogP contribution in [0.4, 0.5) is 10.5 Å². The molecule has 1 unspecified atom stereocenters. The number of fused-ring (bicyclic) bond motifs is 1. The van der Waals surface area contributed by atoms with E-state index < -0.39 is 15.6 Å². The summed E-state index contributed by atoms with van der Waals surface area (Å²) in [7, 11) is -3.83. The minimum Gasteiger partial charge on any atom is -0.444 e. The molecule has 0 radical (unpaired) electrons. The molecule has 0 aromatic heterocycles. The van der Waals surface area contributed by atoms with Crippen LogP contribution in [0.5, 0.6) is 0 Å². The van der Waals surface area contributed by atoms with E-state index in [1.165, 1.54) is 0 Å². The largest absolute Gasteiger partial charge is 0.444 e. The van der Waals surface area contributed by atoms with Crippen molar-refractivity contribution in [3.63, 3.8) is 0 Å². The summed E-state index contributed by atoms with van der Waals surface area (Å²) in [6, 6.07) is 17.4. The molecular formula is C31H39N3O5S. The first-order valence-electron chi connectivity index (χ1n) is 13.7. The molecule has 2 amide bonds. The van der Waals surface area contributed by atoms with Crippen LogP contribution in [0.15, 0.2) is 65.6 Å². The molecular weight excluding hydrogens is 526 g/mol. The number of amides is 2. The Labute approximate surface area is 237 Å². The number of carbonyl (C=O) groups excluding carboxylic acids is 2. The summed E-state index contributed by atoms with van der Waals surface area (Å²) in [6.45, 7) is 10.5. The van der Waals surface area contributed by atoms with E-state index in [9.17, 15) is 18.0 Å². The molecule has 1 aliphatic heterocycles. The van der Waals surface area contributed by atoms with Crippen molar-refractivity contribution >= 4 is 38.5 Å². The standard InChI is InChI=1S/C31H39N3O5S/c1-21-10-6-7-11-24(21)29(35)32-27-14-15-28(26-13-9-8-12-25(26)27)40(37,38)33-22(2)20-23-16-18-34(19-17-23)30(36)39-31(3,4)5/h6-15,22-23,33H,16-20H2,1-5H3,(H,32,35). The third-order valence-electron chi connectivity index (χ3n) is 7.12. The number of ether oxygens (including phenoxy) is 1. The van der Waals surface area contributed by atoms with Crippen molar-refractivity contribution in [3.05, 3.63) is 71.8 Å². The number of likely N-dealkylation sites (tertiary alicyclic amines) is 1. The van der Waals surface area contributed by atoms with Crippen LogP contribution in [0.3, 0.4) is 0 Å². The molecule has 214 valence electrons. The smallest absolute Gasteiger partial charge is 0.410 e. The van der Waals surface area contributed by atoms with Gasteiger partial charge in [-0.3, -0.25) is 4.79 Å². The van der Waals surface area contributed by atoms with E-state index in [1.807, 2.05) is 65.0 Å². The summed E-state index contributed by atoms with van der Waals surface area (Å²) in [5, 5.41) is 4.13. The summed E-state index contributed by atoms with van der Waals surface area (Å²) < 4.78 is 35.3. The van der Waals surface area contributed by atoms with Gasteiger partial charge in [0.05, 0.1) is 4.90 Å². The maximum Gasteiger partial charge on any atom is 0.410 e. The van der Waals surface area contributed by atoms with Gasteiger partial charge in [-0.25, -0.2) is 17.9 Å². The lowest BCUT2D eigenvalue weighted by Crippen LogP contribution is -2.43. The number of piperidine rings is 1. The Bertz CT molecular complexity index is 1490. The molecule has 3 aromatic carbocycles. The van der Waals surface area contributed by atoms with E-state index in [0.717, 1.165) is 18.4 Å². The predicted molar refractivity (Wildman–Crippen MR) is 158 cm³/mol. The Hall–Kier alpha value is -3.43. The molecule has 8 nitrogen and oxygen atoms in total. The Morgan fingerprint density at radius 3 is 2.25 bits per heavy atom. The summed E-state index contributed by atoms with van der Waals surface area (Å²) in [6.07, 6.45) is 1.96. The van der Waals surface area contributed by atoms with Crippen molar-refractivity contribution in [1.29, 1.82) is 0 Å². The molecule has 2 N–H and O–H groups in total. The van der Waals surface area contributed by atoms with Crippen molar-refractivity contribution in [3.8, 4) is 0 Å². The fourth-order valence-electron chi connectivity index (χ4n) is 5.19. The van der Waals surface area contributed by atoms with Crippen LogP contribution >= 0.6 is 0 Å². The van der Waals surface area contributed by atoms with Crippen LogP contribution in [0.25, 0.3) is 10.8 Å². The zero-order valence-electron chi connectivity index (χ0n) is 23.9. The summed E-state index contributed by atoms with van der Waals surface area (Å²) in [5.74, 6) is 0.0514. The maximum atomic E-state index is 13.5. The van der Waals surface area contributed by atoms with Gasteiger partial charge in [0.1, 0.15) is 5.60 Å². The number of sulfonamides is 1. The normalized spacial score (nSPS) is 15.6. The number of carbonyl (C=O) groups is 2. The highest BCUT2D eigenvalue weighted by Crippen LogP contribution is 2.31. The van der Waals surface area contributed by atoms with E-state index >= 15 is 0 Å². The highest BCUT2D eigenvalue weighted by Gasteiger charge is 2.29. The van der Waals surface area contributed by atoms with Crippen LogP contribution in [0.1, 0.15) is 62.9 Å². The average Bonchev–Trinajstić information content (AvgIpc) is 2.88. The quantitative estimate of drug-likeness (QED) is 0.360. The Balaban J connectivity index is 1.43. The van der Waals surface area contributed by atoms with E-state index in [0.29, 0.717) is 47.5 Å². The maximum absolute atomic E-state index is 13.5. The van der Waals surface area contributed by atoms with Crippen LogP contribution in [0, 0.1) is 12.8 Å². The molecule has 3 aromatic rings. The first kappa shape index (κ1) is 29.6. The van der Waals surface area contributed by atoms with Gasteiger partial charge in [-0.15, -0.1) is 0 Å². The topological polar surface area (TPSA) is 105 Å². The van der Waals surface area contributed by atoms with Crippen LogP contribution in [-0.4, -0.2) is 50.1 Å². The molecule has 0 spiro atoms. The zero-order chi connectivity index (χ0) is 29.1. The van der Waals surface area contributed by atoms with Gasteiger partial charge < -0.3 is 15.0 Å². The molecule has 4 rings (SSSR count). The number of hydrogen-bond acceptors (Lipinski definition) is 5. The van der Waals surface area contributed by atoms with Crippen LogP contribution < -0.4 is 10.0 Å². The monoisotopic (exact) mass is 565 g/mol. The number of anilines is 1. The Morgan fingerprint density at radius 1 is 0.975 bits per heavy atom. The molecule has 1 fully saturated rings. The van der Waals surface area contributed by atoms with Gasteiger partial charge in [-0.05, 0) is 83.6 Å². The van der Waals surface area contributed by atoms with E-state index in [1.54, 1.807) is 35.2 Å². The lowest BCUT2D eigenvalue weighted by Gasteiger charge is -2.34. The molecule has 0 aliphatic carbocycles. The van der Waals surface area contributed by atoms with E-state index in [-0.39, 0.29) is 22.9 Å². The van der Waals surface area contributed by atoms with Crippen molar-refractivity contribution in [2.45, 2.75) is 70.4 Å². The Morgan fingerprint density at radius 2 is 1.60 bits per heavy atom. The first-order chi connectivity index (χ1) is 18.8. The fourth-order valence-corrected chi connectivity index (χ4v) is 6.65. The van der Waals surface area contributed by atoms with Crippen molar-refractivity contribution < 1.29 is 22.7 Å². The van der Waals surface area contributed by atoms with E-state index in [2.05, 4.69) is 10.0 Å². The minimum absolute atomic E-state index is 0.170. The lowest BCUT2D eigenvalue weighted by atomic mass is 9.91. The van der Waals surface area contributed by atoms with Gasteiger partial charge in [0, 0.05) is 41.2 Å². The average molecular weight is 566 g/mol. The third-order valence-corrected chi connectivity index (χ3v) is 8.77. The van der Waals surface area contributed by atoms with Gasteiger partial charge in [-0.1, -0.05) is 42.5 Å². The molecule has 1 atom stereocenters. The molecule has 9 heteroatoms. The number of benzene rings is 3. The number of nitrogens with zero attached hydrogens (tertiary/aromatic N) is 1. The second kappa shape index (κ2) is 12.0. The first-order valence-corrected chi connectivity index (χ1v) is 15.2. The lowest BCUT2D eigenvalue weighted by molar-refractivity contribution is 0.0179. The number of rotatable bonds is 7. The van der Waals surface area contributed by atoms with Gasteiger partial charge >= 0.3 is 6.09 Å². The third kappa shape index (κ3) is 7.20. The van der Waals surface area contributed by atoms with Crippen LogP contribution in [0.2, 0.25) is 0 Å². The van der Waals surface area contributed by atoms with Crippen LogP contribution in [-0.2, 0) is 14.8 Å². The predicted octanol–water partition coefficient (Wildman–Crippen LogP) is 6.10. The second-order valence-corrected chi connectivity index (χ2v) is 13.3. The summed E-state index contributed by atoms with van der Waals surface area (Å²) >= 11 is 0. The number of aryl methyl sites for hydroxylation is 1. The van der Waals surface area contributed by atoms with Gasteiger partial charge in [0.2, 0.25) is 10.0 Å². The van der Waals surface area contributed by atoms with Crippen molar-refractivity contribution in [2.24, 2.45) is 5.92 Å².